The monoisotopic (exact) mass is 332 g/mol. The van der Waals surface area contributed by atoms with E-state index in [4.69, 9.17) is 0 Å². The summed E-state index contributed by atoms with van der Waals surface area (Å²) in [6.45, 7) is 0. The third kappa shape index (κ3) is 2.74. The number of aromatic amines is 1. The van der Waals surface area contributed by atoms with Crippen LogP contribution in [0.25, 0.3) is 5.69 Å². The summed E-state index contributed by atoms with van der Waals surface area (Å²) < 4.78 is 3.85. The van der Waals surface area contributed by atoms with E-state index in [-0.39, 0.29) is 11.6 Å². The molecule has 25 heavy (non-hydrogen) atoms. The molecule has 6 nitrogen and oxygen atoms in total. The van der Waals surface area contributed by atoms with Crippen LogP contribution in [0.15, 0.2) is 79.9 Å². The lowest BCUT2D eigenvalue weighted by Gasteiger charge is -2.18. The second kappa shape index (κ2) is 6.16. The number of carbonyl (C=O) groups is 1. The summed E-state index contributed by atoms with van der Waals surface area (Å²) in [5.41, 5.74) is 3.02. The molecule has 0 bridgehead atoms. The van der Waals surface area contributed by atoms with E-state index >= 15 is 0 Å². The molecule has 1 aromatic carbocycles. The van der Waals surface area contributed by atoms with Crippen molar-refractivity contribution < 1.29 is 9.90 Å². The van der Waals surface area contributed by atoms with Gasteiger partial charge in [-0.1, -0.05) is 30.3 Å². The molecule has 0 saturated carbocycles. The highest BCUT2D eigenvalue weighted by Gasteiger charge is 2.19. The maximum Gasteiger partial charge on any atom is 0.339 e. The van der Waals surface area contributed by atoms with Crippen molar-refractivity contribution in [2.45, 2.75) is 6.04 Å². The van der Waals surface area contributed by atoms with Gasteiger partial charge in [-0.3, -0.25) is 0 Å². The summed E-state index contributed by atoms with van der Waals surface area (Å²) >= 11 is 0. The van der Waals surface area contributed by atoms with Gasteiger partial charge in [0.15, 0.2) is 0 Å². The van der Waals surface area contributed by atoms with Gasteiger partial charge in [0, 0.05) is 37.2 Å². The van der Waals surface area contributed by atoms with E-state index in [1.54, 1.807) is 18.7 Å². The van der Waals surface area contributed by atoms with Crippen LogP contribution in [0.1, 0.15) is 27.5 Å². The quantitative estimate of drug-likeness (QED) is 0.588. The molecule has 1 unspecified atom stereocenters. The Labute approximate surface area is 144 Å². The molecule has 3 heterocycles. The molecule has 6 heteroatoms. The largest absolute Gasteiger partial charge is 0.478 e. The molecule has 4 aromatic rings. The Morgan fingerprint density at radius 2 is 1.92 bits per heavy atom. The van der Waals surface area contributed by atoms with Crippen LogP contribution >= 0.6 is 0 Å². The summed E-state index contributed by atoms with van der Waals surface area (Å²) in [5, 5.41) is 9.31. The van der Waals surface area contributed by atoms with Crippen molar-refractivity contribution in [2.75, 3.05) is 0 Å². The molecule has 0 amide bonds. The predicted octanol–water partition coefficient (Wildman–Crippen LogP) is 3.34. The van der Waals surface area contributed by atoms with E-state index < -0.39 is 5.97 Å². The fourth-order valence-electron chi connectivity index (χ4n) is 3.06. The number of rotatable bonds is 5. The highest BCUT2D eigenvalue weighted by Crippen LogP contribution is 2.28. The first-order chi connectivity index (χ1) is 12.2. The van der Waals surface area contributed by atoms with E-state index in [1.165, 1.54) is 6.20 Å². The molecule has 0 aliphatic carbocycles. The number of aromatic carboxylic acids is 1. The molecule has 0 spiro atoms. The Balaban J connectivity index is 1.78. The lowest BCUT2D eigenvalue weighted by Crippen LogP contribution is -2.10. The van der Waals surface area contributed by atoms with Gasteiger partial charge in [-0.2, -0.15) is 0 Å². The van der Waals surface area contributed by atoms with Crippen LogP contribution in [-0.2, 0) is 0 Å². The summed E-state index contributed by atoms with van der Waals surface area (Å²) in [5.74, 6) is -0.958. The zero-order valence-electron chi connectivity index (χ0n) is 13.3. The number of carboxylic acid groups (broad SMARTS) is 1. The molecular formula is C19H16N4O2. The predicted molar refractivity (Wildman–Crippen MR) is 93.0 cm³/mol. The smallest absolute Gasteiger partial charge is 0.339 e. The number of benzene rings is 1. The highest BCUT2D eigenvalue weighted by atomic mass is 16.4. The van der Waals surface area contributed by atoms with Crippen molar-refractivity contribution in [3.63, 3.8) is 0 Å². The normalized spacial score (nSPS) is 12.2. The number of aromatic nitrogens is 4. The maximum atomic E-state index is 11.4. The molecular weight excluding hydrogens is 316 g/mol. The van der Waals surface area contributed by atoms with Crippen molar-refractivity contribution in [1.29, 1.82) is 0 Å². The Kier molecular flexibility index (Phi) is 3.70. The van der Waals surface area contributed by atoms with Crippen molar-refractivity contribution >= 4 is 5.97 Å². The van der Waals surface area contributed by atoms with Crippen LogP contribution < -0.4 is 0 Å². The Hall–Kier alpha value is -3.54. The van der Waals surface area contributed by atoms with Crippen molar-refractivity contribution in [3.05, 3.63) is 96.6 Å². The Morgan fingerprint density at radius 3 is 2.64 bits per heavy atom. The lowest BCUT2D eigenvalue weighted by atomic mass is 10.0. The number of nitrogens with one attached hydrogen (secondary N) is 1. The van der Waals surface area contributed by atoms with Gasteiger partial charge in [-0.05, 0) is 17.2 Å². The van der Waals surface area contributed by atoms with Gasteiger partial charge in [0.2, 0.25) is 0 Å². The topological polar surface area (TPSA) is 75.8 Å². The van der Waals surface area contributed by atoms with E-state index in [0.717, 1.165) is 11.1 Å². The van der Waals surface area contributed by atoms with Crippen LogP contribution in [-0.4, -0.2) is 30.2 Å². The molecule has 4 rings (SSSR count). The van der Waals surface area contributed by atoms with Crippen molar-refractivity contribution in [1.82, 2.24) is 19.1 Å². The molecule has 124 valence electrons. The number of carboxylic acids is 1. The second-order valence-electron chi connectivity index (χ2n) is 5.73. The standard InChI is InChI=1S/C19H16N4O2/c24-19(25)16-10-21-11-17(16)22-8-6-15(12-22)18(23-9-7-20-13-23)14-4-2-1-3-5-14/h1-13,18,21H,(H,24,25). The second-order valence-corrected chi connectivity index (χ2v) is 5.73. The minimum Gasteiger partial charge on any atom is -0.478 e. The highest BCUT2D eigenvalue weighted by molar-refractivity contribution is 5.91. The van der Waals surface area contributed by atoms with E-state index in [1.807, 2.05) is 52.0 Å². The summed E-state index contributed by atoms with van der Waals surface area (Å²) in [6.07, 6.45) is 12.5. The minimum absolute atomic E-state index is 0.0304. The fourth-order valence-corrected chi connectivity index (χ4v) is 3.06. The summed E-state index contributed by atoms with van der Waals surface area (Å²) in [7, 11) is 0. The Morgan fingerprint density at radius 1 is 1.08 bits per heavy atom. The third-order valence-corrected chi connectivity index (χ3v) is 4.20. The maximum absolute atomic E-state index is 11.4. The number of hydrogen-bond donors (Lipinski definition) is 2. The van der Waals surface area contributed by atoms with Gasteiger partial charge in [-0.25, -0.2) is 9.78 Å². The number of H-pyrrole nitrogens is 1. The van der Waals surface area contributed by atoms with E-state index in [9.17, 15) is 9.90 Å². The molecule has 1 atom stereocenters. The van der Waals surface area contributed by atoms with Gasteiger partial charge in [0.1, 0.15) is 5.56 Å². The molecule has 0 radical (unpaired) electrons. The van der Waals surface area contributed by atoms with E-state index in [0.29, 0.717) is 5.69 Å². The van der Waals surface area contributed by atoms with Gasteiger partial charge in [-0.15, -0.1) is 0 Å². The average Bonchev–Trinajstić information content (AvgIpc) is 3.37. The first kappa shape index (κ1) is 15.0. The number of nitrogens with zero attached hydrogens (tertiary/aromatic N) is 3. The first-order valence-electron chi connectivity index (χ1n) is 7.85. The fraction of sp³-hybridized carbons (Fsp3) is 0.0526. The zero-order valence-corrected chi connectivity index (χ0v) is 13.3. The third-order valence-electron chi connectivity index (χ3n) is 4.20. The zero-order chi connectivity index (χ0) is 17.2. The van der Waals surface area contributed by atoms with Crippen LogP contribution in [0, 0.1) is 0 Å². The van der Waals surface area contributed by atoms with Crippen molar-refractivity contribution in [2.24, 2.45) is 0 Å². The van der Waals surface area contributed by atoms with Crippen LogP contribution in [0.5, 0.6) is 0 Å². The van der Waals surface area contributed by atoms with Crippen LogP contribution in [0.4, 0.5) is 0 Å². The summed E-state index contributed by atoms with van der Waals surface area (Å²) in [6, 6.07) is 12.1. The van der Waals surface area contributed by atoms with Gasteiger partial charge in [0.25, 0.3) is 0 Å². The van der Waals surface area contributed by atoms with Gasteiger partial charge in [0.05, 0.1) is 18.1 Å². The molecule has 0 aliphatic rings. The number of hydrogen-bond acceptors (Lipinski definition) is 2. The molecule has 0 aliphatic heterocycles. The number of imidazole rings is 1. The van der Waals surface area contributed by atoms with Gasteiger partial charge < -0.3 is 19.2 Å². The molecule has 2 N–H and O–H groups in total. The average molecular weight is 332 g/mol. The first-order valence-corrected chi connectivity index (χ1v) is 7.85. The molecule has 0 saturated heterocycles. The Bertz CT molecular complexity index is 984. The van der Waals surface area contributed by atoms with E-state index in [2.05, 4.69) is 22.1 Å². The van der Waals surface area contributed by atoms with Crippen molar-refractivity contribution in [3.8, 4) is 5.69 Å². The molecule has 3 aromatic heterocycles. The summed E-state index contributed by atoms with van der Waals surface area (Å²) in [4.78, 5) is 18.4. The minimum atomic E-state index is -0.958. The SMILES string of the molecule is O=C(O)c1c[nH]cc1-n1ccc(C(c2ccccc2)n2ccnc2)c1. The van der Waals surface area contributed by atoms with Gasteiger partial charge >= 0.3 is 5.97 Å². The molecule has 0 fully saturated rings. The van der Waals surface area contributed by atoms with Crippen LogP contribution in [0.3, 0.4) is 0 Å². The van der Waals surface area contributed by atoms with Crippen LogP contribution in [0.2, 0.25) is 0 Å². The lowest BCUT2D eigenvalue weighted by molar-refractivity contribution is 0.0697.